The lowest BCUT2D eigenvalue weighted by Gasteiger charge is -2.18. The number of carboxylic acid groups (broad SMARTS) is 1. The molecule has 0 heterocycles. The van der Waals surface area contributed by atoms with E-state index < -0.39 is 48.8 Å². The molecule has 30 heavy (non-hydrogen) atoms. The van der Waals surface area contributed by atoms with E-state index in [1.165, 1.54) is 5.32 Å². The summed E-state index contributed by atoms with van der Waals surface area (Å²) in [6.07, 6.45) is -4.13. The van der Waals surface area contributed by atoms with Gasteiger partial charge < -0.3 is 43.1 Å². The zero-order chi connectivity index (χ0) is 21.2. The molecule has 0 rings (SSSR count). The number of halogens is 5. The van der Waals surface area contributed by atoms with E-state index >= 15 is 0 Å². The van der Waals surface area contributed by atoms with Crippen molar-refractivity contribution in [2.24, 2.45) is 5.73 Å². The van der Waals surface area contributed by atoms with Gasteiger partial charge in [-0.3, -0.25) is 9.59 Å². The number of carbonyl (C=O) groups is 3. The lowest BCUT2D eigenvalue weighted by molar-refractivity contribution is -0.176. The number of methoxy groups -OCH3 is 1. The van der Waals surface area contributed by atoms with Gasteiger partial charge >= 0.3 is 24.0 Å². The van der Waals surface area contributed by atoms with Crippen molar-refractivity contribution in [2.75, 3.05) is 38.1 Å². The van der Waals surface area contributed by atoms with Crippen LogP contribution in [0.15, 0.2) is 0 Å². The van der Waals surface area contributed by atoms with Crippen LogP contribution in [0.2, 0.25) is 0 Å². The van der Waals surface area contributed by atoms with Crippen molar-refractivity contribution in [1.29, 1.82) is 0 Å². The van der Waals surface area contributed by atoms with Crippen molar-refractivity contribution in [3.8, 4) is 0 Å². The Morgan fingerprint density at radius 3 is 2.20 bits per heavy atom. The van der Waals surface area contributed by atoms with Crippen molar-refractivity contribution in [3.05, 3.63) is 0 Å². The molecule has 16 heteroatoms. The van der Waals surface area contributed by atoms with Crippen molar-refractivity contribution >= 4 is 54.6 Å². The number of nitrogens with two attached hydrogens (primary N) is 1. The smallest absolute Gasteiger partial charge is 0.471 e. The summed E-state index contributed by atoms with van der Waals surface area (Å²) in [5.74, 6) is -3.83. The number of carbonyl (C=O) groups excluding carboxylic acids is 2. The van der Waals surface area contributed by atoms with Crippen molar-refractivity contribution < 1.29 is 59.6 Å². The second kappa shape index (κ2) is 18.0. The fourth-order valence-electron chi connectivity index (χ4n) is 1.78. The Labute approximate surface area is 194 Å². The van der Waals surface area contributed by atoms with Gasteiger partial charge in [0.15, 0.2) is 6.04 Å². The van der Waals surface area contributed by atoms with Gasteiger partial charge in [0.25, 0.3) is 0 Å². The van der Waals surface area contributed by atoms with Crippen LogP contribution < -0.4 is 23.5 Å². The molecule has 182 valence electrons. The number of aliphatic carboxylic acids is 1. The Hall–Kier alpha value is -0.640. The SMILES string of the molecule is COC(=O)[C@H](COCC(O)C[S+](C)CC[C@H](N)C(=O)O)NC(=O)C(F)(F)F.Cl.S.[Cl-]. The maximum atomic E-state index is 12.3. The summed E-state index contributed by atoms with van der Waals surface area (Å²) in [6.45, 7) is -0.912. The molecule has 0 aliphatic rings. The predicted octanol–water partition coefficient (Wildman–Crippen LogP) is -3.83. The van der Waals surface area contributed by atoms with E-state index in [0.717, 1.165) is 7.11 Å². The number of aliphatic hydroxyl groups excluding tert-OH is 1. The maximum Gasteiger partial charge on any atom is 0.471 e. The normalized spacial score (nSPS) is 14.5. The number of amides is 1. The van der Waals surface area contributed by atoms with Crippen LogP contribution in [0, 0.1) is 0 Å². The third-order valence-electron chi connectivity index (χ3n) is 3.21. The number of nitrogens with one attached hydrogen (secondary N) is 1. The summed E-state index contributed by atoms with van der Waals surface area (Å²) >= 11 is 0. The number of esters is 1. The molecule has 0 aliphatic carbocycles. The zero-order valence-electron chi connectivity index (χ0n) is 16.1. The highest BCUT2D eigenvalue weighted by molar-refractivity contribution is 7.96. The molecule has 0 aromatic heterocycles. The summed E-state index contributed by atoms with van der Waals surface area (Å²) in [5.41, 5.74) is 5.38. The summed E-state index contributed by atoms with van der Waals surface area (Å²) in [7, 11) is 0.573. The molecule has 0 spiro atoms. The molecule has 0 saturated carbocycles. The number of aliphatic hydroxyl groups is 1. The number of carboxylic acids is 1. The third-order valence-corrected chi connectivity index (χ3v) is 5.10. The molecule has 0 fully saturated rings. The van der Waals surface area contributed by atoms with Crippen molar-refractivity contribution in [1.82, 2.24) is 5.32 Å². The van der Waals surface area contributed by atoms with Gasteiger partial charge in [-0.1, -0.05) is 0 Å². The van der Waals surface area contributed by atoms with Crippen LogP contribution in [0.5, 0.6) is 0 Å². The van der Waals surface area contributed by atoms with Gasteiger partial charge in [0.1, 0.15) is 23.7 Å². The Bertz CT molecular complexity index is 522. The van der Waals surface area contributed by atoms with Gasteiger partial charge in [-0.05, 0) is 10.9 Å². The van der Waals surface area contributed by atoms with Gasteiger partial charge in [0, 0.05) is 6.42 Å². The van der Waals surface area contributed by atoms with Gasteiger partial charge in [-0.25, -0.2) is 4.79 Å². The highest BCUT2D eigenvalue weighted by Gasteiger charge is 2.41. The minimum atomic E-state index is -5.17. The molecule has 0 aromatic rings. The molecule has 0 aromatic carbocycles. The quantitative estimate of drug-likeness (QED) is 0.149. The Morgan fingerprint density at radius 1 is 1.23 bits per heavy atom. The van der Waals surface area contributed by atoms with E-state index in [9.17, 15) is 32.7 Å². The average molecular weight is 527 g/mol. The number of rotatable bonds is 12. The van der Waals surface area contributed by atoms with Crippen molar-refractivity contribution in [2.45, 2.75) is 30.8 Å². The van der Waals surface area contributed by atoms with Crippen LogP contribution in [0.3, 0.4) is 0 Å². The molecule has 1 amide bonds. The molecule has 5 N–H and O–H groups in total. The van der Waals surface area contributed by atoms with Gasteiger partial charge in [0.2, 0.25) is 0 Å². The van der Waals surface area contributed by atoms with Gasteiger partial charge in [-0.2, -0.15) is 26.7 Å². The highest BCUT2D eigenvalue weighted by atomic mass is 35.5. The molecule has 0 saturated heterocycles. The summed E-state index contributed by atoms with van der Waals surface area (Å²) < 4.78 is 46.1. The lowest BCUT2D eigenvalue weighted by Crippen LogP contribution is -3.00. The lowest BCUT2D eigenvalue weighted by atomic mass is 10.2. The van der Waals surface area contributed by atoms with E-state index in [4.69, 9.17) is 15.6 Å². The topological polar surface area (TPSA) is 148 Å². The second-order valence-electron chi connectivity index (χ2n) is 5.62. The van der Waals surface area contributed by atoms with Crippen LogP contribution in [0.25, 0.3) is 0 Å². The monoisotopic (exact) mass is 526 g/mol. The first kappa shape index (κ1) is 36.7. The highest BCUT2D eigenvalue weighted by Crippen LogP contribution is 2.14. The maximum absolute atomic E-state index is 12.3. The standard InChI is InChI=1S/C14H23F3N2O7S.2ClH.H2S/c1-25-12(23)10(19-13(24)14(15,16)17)6-26-5-8(20)7-27(2)4-3-9(18)11(21)22;;;/h8-10,20H,3-7,18H2,1-2H3,(H-,19,21,22,24);2*1H;1H2/t8?,9-,10-,27?;;;/m0.../s1. The summed E-state index contributed by atoms with van der Waals surface area (Å²) in [5, 5.41) is 20.0. The van der Waals surface area contributed by atoms with Crippen LogP contribution in [-0.2, 0) is 34.8 Å². The summed E-state index contributed by atoms with van der Waals surface area (Å²) in [4.78, 5) is 33.0. The number of alkyl halides is 3. The molecule has 0 bridgehead atoms. The Balaban J connectivity index is -0.00000113. The second-order valence-corrected chi connectivity index (χ2v) is 7.93. The fraction of sp³-hybridized carbons (Fsp3) is 0.786. The minimum Gasteiger partial charge on any atom is -1.00 e. The zero-order valence-corrected chi connectivity index (χ0v) is 19.5. The van der Waals surface area contributed by atoms with E-state index in [1.54, 1.807) is 6.26 Å². The first-order valence-electron chi connectivity index (χ1n) is 7.67. The van der Waals surface area contributed by atoms with Crippen LogP contribution in [0.1, 0.15) is 6.42 Å². The molecule has 0 aliphatic heterocycles. The Morgan fingerprint density at radius 2 is 1.77 bits per heavy atom. The largest absolute Gasteiger partial charge is 1.00 e. The molecule has 4 atom stereocenters. The minimum absolute atomic E-state index is 0. The fourth-order valence-corrected chi connectivity index (χ4v) is 3.36. The van der Waals surface area contributed by atoms with E-state index in [-0.39, 0.29) is 68.0 Å². The average Bonchev–Trinajstić information content (AvgIpc) is 2.56. The van der Waals surface area contributed by atoms with Gasteiger partial charge in [0.05, 0.1) is 26.6 Å². The number of hydrogen-bond donors (Lipinski definition) is 4. The molecule has 2 unspecified atom stereocenters. The van der Waals surface area contributed by atoms with E-state index in [0.29, 0.717) is 5.75 Å². The van der Waals surface area contributed by atoms with E-state index in [2.05, 4.69) is 4.74 Å². The van der Waals surface area contributed by atoms with Crippen LogP contribution in [-0.4, -0.2) is 90.5 Å². The first-order chi connectivity index (χ1) is 12.4. The summed E-state index contributed by atoms with van der Waals surface area (Å²) in [6, 6.07) is -2.67. The predicted molar refractivity (Wildman–Crippen MR) is 108 cm³/mol. The Kier molecular flexibility index (Phi) is 22.0. The molecular formula is C14H27Cl2F3N2O7S2. The van der Waals surface area contributed by atoms with Gasteiger partial charge in [-0.15, -0.1) is 12.4 Å². The molecule has 9 nitrogen and oxygen atoms in total. The number of ether oxygens (including phenoxy) is 2. The van der Waals surface area contributed by atoms with Crippen LogP contribution in [0.4, 0.5) is 13.2 Å². The molecular weight excluding hydrogens is 500 g/mol. The van der Waals surface area contributed by atoms with Crippen molar-refractivity contribution in [3.63, 3.8) is 0 Å². The molecule has 0 radical (unpaired) electrons. The van der Waals surface area contributed by atoms with Crippen LogP contribution >= 0.6 is 25.9 Å². The first-order valence-corrected chi connectivity index (χ1v) is 9.64. The number of hydrogen-bond acceptors (Lipinski definition) is 7. The van der Waals surface area contributed by atoms with E-state index in [1.807, 2.05) is 0 Å². The third kappa shape index (κ3) is 16.1.